The van der Waals surface area contributed by atoms with Crippen LogP contribution in [0.4, 0.5) is 0 Å². The third kappa shape index (κ3) is 5.20. The SMILES string of the molecule is COc1ccccc1CNC(=O)CN1C[C@H](OC(C)C)[C@@H](O)C1. The van der Waals surface area contributed by atoms with Crippen molar-refractivity contribution in [2.75, 3.05) is 26.7 Å². The van der Waals surface area contributed by atoms with Crippen molar-refractivity contribution in [3.8, 4) is 5.75 Å². The Morgan fingerprint density at radius 1 is 1.39 bits per heavy atom. The third-order valence-corrected chi connectivity index (χ3v) is 3.80. The Labute approximate surface area is 137 Å². The standard InChI is InChI=1S/C17H26N2O4/c1-12(2)23-16-10-19(9-14(16)20)11-17(21)18-8-13-6-4-5-7-15(13)22-3/h4-7,12,14,16,20H,8-11H2,1-3H3,(H,18,21)/t14-,16-/m0/s1. The van der Waals surface area contributed by atoms with Crippen molar-refractivity contribution in [2.24, 2.45) is 0 Å². The van der Waals surface area contributed by atoms with E-state index in [0.717, 1.165) is 11.3 Å². The van der Waals surface area contributed by atoms with Crippen LogP contribution in [0.2, 0.25) is 0 Å². The van der Waals surface area contributed by atoms with Gasteiger partial charge >= 0.3 is 0 Å². The van der Waals surface area contributed by atoms with E-state index in [1.165, 1.54) is 0 Å². The molecule has 128 valence electrons. The van der Waals surface area contributed by atoms with Gasteiger partial charge in [0.2, 0.25) is 5.91 Å². The Balaban J connectivity index is 1.79. The molecule has 23 heavy (non-hydrogen) atoms. The number of hydrogen-bond donors (Lipinski definition) is 2. The number of carbonyl (C=O) groups excluding carboxylic acids is 1. The van der Waals surface area contributed by atoms with Gasteiger partial charge in [0.05, 0.1) is 32.0 Å². The molecule has 0 unspecified atom stereocenters. The third-order valence-electron chi connectivity index (χ3n) is 3.80. The summed E-state index contributed by atoms with van der Waals surface area (Å²) in [7, 11) is 1.61. The number of likely N-dealkylation sites (tertiary alicyclic amines) is 1. The summed E-state index contributed by atoms with van der Waals surface area (Å²) in [5, 5.41) is 12.9. The number of β-amino-alcohol motifs (C(OH)–C–C–N with tert-alkyl or cyclic N) is 1. The Hall–Kier alpha value is -1.63. The quantitative estimate of drug-likeness (QED) is 0.776. The molecule has 1 amide bonds. The molecule has 0 aromatic heterocycles. The fourth-order valence-electron chi connectivity index (χ4n) is 2.75. The maximum Gasteiger partial charge on any atom is 0.234 e. The van der Waals surface area contributed by atoms with Crippen LogP contribution >= 0.6 is 0 Å². The Kier molecular flexibility index (Phi) is 6.38. The predicted octanol–water partition coefficient (Wildman–Crippen LogP) is 0.781. The molecule has 1 aliphatic heterocycles. The van der Waals surface area contributed by atoms with Gasteiger partial charge in [0.15, 0.2) is 0 Å². The fraction of sp³-hybridized carbons (Fsp3) is 0.588. The van der Waals surface area contributed by atoms with Gasteiger partial charge in [0.1, 0.15) is 5.75 Å². The molecule has 6 nitrogen and oxygen atoms in total. The Morgan fingerprint density at radius 3 is 2.83 bits per heavy atom. The van der Waals surface area contributed by atoms with Gasteiger partial charge in [-0.15, -0.1) is 0 Å². The molecule has 0 radical (unpaired) electrons. The number of ether oxygens (including phenoxy) is 2. The van der Waals surface area contributed by atoms with Crippen LogP contribution in [0.5, 0.6) is 5.75 Å². The Morgan fingerprint density at radius 2 is 2.13 bits per heavy atom. The van der Waals surface area contributed by atoms with E-state index in [4.69, 9.17) is 9.47 Å². The van der Waals surface area contributed by atoms with Gasteiger partial charge in [-0.3, -0.25) is 9.69 Å². The highest BCUT2D eigenvalue weighted by atomic mass is 16.5. The van der Waals surface area contributed by atoms with Crippen molar-refractivity contribution in [1.82, 2.24) is 10.2 Å². The summed E-state index contributed by atoms with van der Waals surface area (Å²) in [5.74, 6) is 0.683. The molecule has 0 spiro atoms. The lowest BCUT2D eigenvalue weighted by Gasteiger charge is -2.18. The maximum atomic E-state index is 12.1. The molecular formula is C17H26N2O4. The highest BCUT2D eigenvalue weighted by Gasteiger charge is 2.33. The van der Waals surface area contributed by atoms with Crippen molar-refractivity contribution in [1.29, 1.82) is 0 Å². The second-order valence-electron chi connectivity index (χ2n) is 6.07. The maximum absolute atomic E-state index is 12.1. The van der Waals surface area contributed by atoms with Crippen LogP contribution in [0.25, 0.3) is 0 Å². The van der Waals surface area contributed by atoms with Crippen LogP contribution in [-0.2, 0) is 16.1 Å². The molecule has 0 saturated carbocycles. The van der Waals surface area contributed by atoms with Gasteiger partial charge in [-0.25, -0.2) is 0 Å². The number of para-hydroxylation sites is 1. The van der Waals surface area contributed by atoms with E-state index >= 15 is 0 Å². The first kappa shape index (κ1) is 17.7. The van der Waals surface area contributed by atoms with Crippen LogP contribution in [0, 0.1) is 0 Å². The zero-order valence-corrected chi connectivity index (χ0v) is 14.0. The molecule has 1 aromatic rings. The van der Waals surface area contributed by atoms with Crippen LogP contribution in [-0.4, -0.2) is 61.0 Å². The summed E-state index contributed by atoms with van der Waals surface area (Å²) in [6, 6.07) is 7.59. The summed E-state index contributed by atoms with van der Waals surface area (Å²) in [4.78, 5) is 14.0. The number of aliphatic hydroxyl groups is 1. The van der Waals surface area contributed by atoms with Crippen LogP contribution in [0.15, 0.2) is 24.3 Å². The van der Waals surface area contributed by atoms with Gasteiger partial charge in [-0.1, -0.05) is 18.2 Å². The van der Waals surface area contributed by atoms with E-state index in [1.54, 1.807) is 7.11 Å². The molecule has 0 bridgehead atoms. The lowest BCUT2D eigenvalue weighted by molar-refractivity contribution is -0.122. The molecule has 6 heteroatoms. The van der Waals surface area contributed by atoms with Crippen molar-refractivity contribution in [2.45, 2.75) is 38.7 Å². The molecule has 1 aromatic carbocycles. The predicted molar refractivity (Wildman–Crippen MR) is 87.3 cm³/mol. The van der Waals surface area contributed by atoms with E-state index in [1.807, 2.05) is 43.0 Å². The van der Waals surface area contributed by atoms with Gasteiger partial charge in [0.25, 0.3) is 0 Å². The summed E-state index contributed by atoms with van der Waals surface area (Å²) >= 11 is 0. The number of aliphatic hydroxyl groups excluding tert-OH is 1. The van der Waals surface area contributed by atoms with E-state index in [9.17, 15) is 9.90 Å². The van der Waals surface area contributed by atoms with Gasteiger partial charge in [-0.2, -0.15) is 0 Å². The molecule has 1 heterocycles. The number of rotatable bonds is 7. The van der Waals surface area contributed by atoms with Crippen molar-refractivity contribution in [3.05, 3.63) is 29.8 Å². The highest BCUT2D eigenvalue weighted by molar-refractivity contribution is 5.78. The molecule has 0 aliphatic carbocycles. The minimum atomic E-state index is -0.542. The number of methoxy groups -OCH3 is 1. The normalized spacial score (nSPS) is 21.6. The van der Waals surface area contributed by atoms with E-state index < -0.39 is 6.10 Å². The van der Waals surface area contributed by atoms with Crippen molar-refractivity contribution >= 4 is 5.91 Å². The molecule has 1 fully saturated rings. The van der Waals surface area contributed by atoms with Gasteiger partial charge in [-0.05, 0) is 19.9 Å². The Bertz CT molecular complexity index is 521. The number of benzene rings is 1. The number of hydrogen-bond acceptors (Lipinski definition) is 5. The summed E-state index contributed by atoms with van der Waals surface area (Å²) in [5.41, 5.74) is 0.936. The smallest absolute Gasteiger partial charge is 0.234 e. The molecule has 1 aliphatic rings. The average molecular weight is 322 g/mol. The molecule has 1 saturated heterocycles. The minimum Gasteiger partial charge on any atom is -0.496 e. The van der Waals surface area contributed by atoms with Crippen LogP contribution in [0.3, 0.4) is 0 Å². The summed E-state index contributed by atoms with van der Waals surface area (Å²) in [6.45, 7) is 5.58. The number of amides is 1. The number of nitrogens with one attached hydrogen (secondary N) is 1. The van der Waals surface area contributed by atoms with Crippen LogP contribution < -0.4 is 10.1 Å². The van der Waals surface area contributed by atoms with Gasteiger partial charge < -0.3 is 19.9 Å². The number of nitrogens with zero attached hydrogens (tertiary/aromatic N) is 1. The van der Waals surface area contributed by atoms with Crippen molar-refractivity contribution in [3.63, 3.8) is 0 Å². The zero-order valence-electron chi connectivity index (χ0n) is 14.0. The first-order valence-corrected chi connectivity index (χ1v) is 7.94. The lowest BCUT2D eigenvalue weighted by Crippen LogP contribution is -2.36. The van der Waals surface area contributed by atoms with Crippen molar-refractivity contribution < 1.29 is 19.4 Å². The van der Waals surface area contributed by atoms with Gasteiger partial charge in [0, 0.05) is 25.2 Å². The lowest BCUT2D eigenvalue weighted by atomic mass is 10.2. The highest BCUT2D eigenvalue weighted by Crippen LogP contribution is 2.17. The summed E-state index contributed by atoms with van der Waals surface area (Å²) < 4.78 is 10.9. The minimum absolute atomic E-state index is 0.0639. The largest absolute Gasteiger partial charge is 0.496 e. The van der Waals surface area contributed by atoms with E-state index in [2.05, 4.69) is 5.32 Å². The van der Waals surface area contributed by atoms with Crippen LogP contribution in [0.1, 0.15) is 19.4 Å². The molecule has 2 rings (SSSR count). The monoisotopic (exact) mass is 322 g/mol. The first-order chi connectivity index (χ1) is 11.0. The second kappa shape index (κ2) is 8.29. The summed E-state index contributed by atoms with van der Waals surface area (Å²) in [6.07, 6.45) is -0.703. The second-order valence-corrected chi connectivity index (χ2v) is 6.07. The fourth-order valence-corrected chi connectivity index (χ4v) is 2.75. The molecular weight excluding hydrogens is 296 g/mol. The molecule has 2 atom stereocenters. The first-order valence-electron chi connectivity index (χ1n) is 7.94. The molecule has 2 N–H and O–H groups in total. The number of carbonyl (C=O) groups is 1. The van der Waals surface area contributed by atoms with E-state index in [0.29, 0.717) is 19.6 Å². The average Bonchev–Trinajstić information content (AvgIpc) is 2.84. The van der Waals surface area contributed by atoms with E-state index in [-0.39, 0.29) is 24.7 Å². The zero-order chi connectivity index (χ0) is 16.8. The topological polar surface area (TPSA) is 71.0 Å².